The van der Waals surface area contributed by atoms with Crippen molar-refractivity contribution in [1.29, 1.82) is 0 Å². The number of hydrogen-bond acceptors (Lipinski definition) is 5. The van der Waals surface area contributed by atoms with Crippen molar-refractivity contribution in [3.8, 4) is 0 Å². The van der Waals surface area contributed by atoms with E-state index in [1.807, 2.05) is 0 Å². The van der Waals surface area contributed by atoms with Gasteiger partial charge < -0.3 is 14.8 Å². The van der Waals surface area contributed by atoms with Crippen LogP contribution in [0.2, 0.25) is 0 Å². The van der Waals surface area contributed by atoms with E-state index in [9.17, 15) is 13.2 Å². The quantitative estimate of drug-likeness (QED) is 0.723. The van der Waals surface area contributed by atoms with E-state index in [4.69, 9.17) is 9.47 Å². The van der Waals surface area contributed by atoms with Gasteiger partial charge in [0.2, 0.25) is 15.9 Å². The fourth-order valence-electron chi connectivity index (χ4n) is 3.29. The van der Waals surface area contributed by atoms with Gasteiger partial charge >= 0.3 is 0 Å². The van der Waals surface area contributed by atoms with Crippen LogP contribution in [0.25, 0.3) is 0 Å². The molecular formula is C19H28N2O5S. The zero-order valence-corrected chi connectivity index (χ0v) is 16.5. The molecule has 1 amide bonds. The van der Waals surface area contributed by atoms with Gasteiger partial charge in [-0.25, -0.2) is 8.42 Å². The highest BCUT2D eigenvalue weighted by molar-refractivity contribution is 7.89. The zero-order valence-electron chi connectivity index (χ0n) is 15.7. The maximum absolute atomic E-state index is 12.5. The predicted molar refractivity (Wildman–Crippen MR) is 101 cm³/mol. The summed E-state index contributed by atoms with van der Waals surface area (Å²) in [5.41, 5.74) is 0.843. The van der Waals surface area contributed by atoms with E-state index in [0.717, 1.165) is 37.9 Å². The molecule has 0 bridgehead atoms. The highest BCUT2D eigenvalue weighted by Gasteiger charge is 2.27. The molecule has 0 saturated carbocycles. The third kappa shape index (κ3) is 5.28. The first-order chi connectivity index (χ1) is 13.0. The molecule has 0 aliphatic carbocycles. The SMILES string of the molecule is CC(OCC1CCCO1)C(=O)NCc1ccc(S(=O)(=O)N2CCCC2)cc1. The average molecular weight is 397 g/mol. The van der Waals surface area contributed by atoms with Crippen molar-refractivity contribution < 1.29 is 22.7 Å². The fraction of sp³-hybridized carbons (Fsp3) is 0.632. The van der Waals surface area contributed by atoms with Gasteiger partial charge in [-0.15, -0.1) is 0 Å². The summed E-state index contributed by atoms with van der Waals surface area (Å²) in [5, 5.41) is 2.82. The van der Waals surface area contributed by atoms with Crippen LogP contribution in [-0.4, -0.2) is 57.1 Å². The van der Waals surface area contributed by atoms with Gasteiger partial charge in [0.05, 0.1) is 17.6 Å². The Morgan fingerprint density at radius 1 is 1.26 bits per heavy atom. The van der Waals surface area contributed by atoms with Gasteiger partial charge in [-0.1, -0.05) is 12.1 Å². The number of sulfonamides is 1. The monoisotopic (exact) mass is 396 g/mol. The third-order valence-corrected chi connectivity index (χ3v) is 6.93. The summed E-state index contributed by atoms with van der Waals surface area (Å²) in [7, 11) is -3.40. The van der Waals surface area contributed by atoms with Crippen molar-refractivity contribution in [3.05, 3.63) is 29.8 Å². The van der Waals surface area contributed by atoms with Crippen LogP contribution in [-0.2, 0) is 30.8 Å². The minimum absolute atomic E-state index is 0.0883. The Hall–Kier alpha value is -1.48. The summed E-state index contributed by atoms with van der Waals surface area (Å²) < 4.78 is 37.6. The molecule has 2 aliphatic heterocycles. The van der Waals surface area contributed by atoms with Crippen LogP contribution in [0.15, 0.2) is 29.2 Å². The molecule has 8 heteroatoms. The molecule has 2 fully saturated rings. The fourth-order valence-corrected chi connectivity index (χ4v) is 4.81. The van der Waals surface area contributed by atoms with Crippen LogP contribution in [0.3, 0.4) is 0 Å². The number of carbonyl (C=O) groups excluding carboxylic acids is 1. The van der Waals surface area contributed by atoms with Crippen LogP contribution < -0.4 is 5.32 Å². The molecule has 0 aromatic heterocycles. The molecule has 2 atom stereocenters. The first-order valence-corrected chi connectivity index (χ1v) is 11.0. The second kappa shape index (κ2) is 9.14. The molecule has 27 heavy (non-hydrogen) atoms. The molecule has 3 rings (SSSR count). The first kappa shape index (κ1) is 20.3. The van der Waals surface area contributed by atoms with Crippen LogP contribution in [0.1, 0.15) is 38.2 Å². The molecule has 2 saturated heterocycles. The second-order valence-electron chi connectivity index (χ2n) is 7.08. The zero-order chi connectivity index (χ0) is 19.3. The van der Waals surface area contributed by atoms with Gasteiger partial charge in [0.25, 0.3) is 0 Å². The van der Waals surface area contributed by atoms with Crippen LogP contribution in [0.5, 0.6) is 0 Å². The van der Waals surface area contributed by atoms with E-state index in [-0.39, 0.29) is 12.0 Å². The van der Waals surface area contributed by atoms with Crippen LogP contribution in [0.4, 0.5) is 0 Å². The minimum atomic E-state index is -3.40. The molecule has 0 spiro atoms. The number of nitrogens with one attached hydrogen (secondary N) is 1. The summed E-state index contributed by atoms with van der Waals surface area (Å²) in [6.07, 6.45) is 3.38. The number of nitrogens with zero attached hydrogens (tertiary/aromatic N) is 1. The standard InChI is InChI=1S/C19H28N2O5S/c1-15(26-14-17-5-4-12-25-17)19(22)20-13-16-6-8-18(9-7-16)27(23,24)21-10-2-3-11-21/h6-9,15,17H,2-5,10-14H2,1H3,(H,20,22). The van der Waals surface area contributed by atoms with Crippen molar-refractivity contribution in [2.24, 2.45) is 0 Å². The van der Waals surface area contributed by atoms with Crippen LogP contribution in [0, 0.1) is 0 Å². The maximum Gasteiger partial charge on any atom is 0.249 e. The lowest BCUT2D eigenvalue weighted by atomic mass is 10.2. The summed E-state index contributed by atoms with van der Waals surface area (Å²) in [6, 6.07) is 6.68. The summed E-state index contributed by atoms with van der Waals surface area (Å²) >= 11 is 0. The van der Waals surface area contributed by atoms with Gasteiger partial charge in [-0.05, 0) is 50.3 Å². The van der Waals surface area contributed by atoms with Gasteiger partial charge in [0, 0.05) is 26.2 Å². The van der Waals surface area contributed by atoms with Crippen molar-refractivity contribution >= 4 is 15.9 Å². The van der Waals surface area contributed by atoms with Crippen molar-refractivity contribution in [3.63, 3.8) is 0 Å². The molecule has 1 aromatic rings. The van der Waals surface area contributed by atoms with Gasteiger partial charge in [-0.3, -0.25) is 4.79 Å². The van der Waals surface area contributed by atoms with Gasteiger partial charge in [0.1, 0.15) is 6.10 Å². The first-order valence-electron chi connectivity index (χ1n) is 9.57. The Kier molecular flexibility index (Phi) is 6.86. The summed E-state index contributed by atoms with van der Waals surface area (Å²) in [6.45, 7) is 4.41. The lowest BCUT2D eigenvalue weighted by molar-refractivity contribution is -0.133. The average Bonchev–Trinajstić information content (AvgIpc) is 3.38. The Labute approximate surface area is 161 Å². The normalized spacial score (nSPS) is 22.0. The Morgan fingerprint density at radius 2 is 1.96 bits per heavy atom. The smallest absolute Gasteiger partial charge is 0.249 e. The molecule has 2 unspecified atom stereocenters. The second-order valence-corrected chi connectivity index (χ2v) is 9.02. The number of hydrogen-bond donors (Lipinski definition) is 1. The van der Waals surface area contributed by atoms with E-state index in [1.165, 1.54) is 4.31 Å². The summed E-state index contributed by atoms with van der Waals surface area (Å²) in [5.74, 6) is -0.193. The maximum atomic E-state index is 12.5. The van der Waals surface area contributed by atoms with Crippen molar-refractivity contribution in [1.82, 2.24) is 9.62 Å². The third-order valence-electron chi connectivity index (χ3n) is 5.02. The molecule has 2 heterocycles. The lowest BCUT2D eigenvalue weighted by Crippen LogP contribution is -2.35. The van der Waals surface area contributed by atoms with Crippen molar-refractivity contribution in [2.75, 3.05) is 26.3 Å². The van der Waals surface area contributed by atoms with Gasteiger partial charge in [-0.2, -0.15) is 4.31 Å². The Morgan fingerprint density at radius 3 is 2.59 bits per heavy atom. The number of ether oxygens (including phenoxy) is 2. The molecule has 150 valence electrons. The van der Waals surface area contributed by atoms with E-state index in [2.05, 4.69) is 5.32 Å². The minimum Gasteiger partial charge on any atom is -0.376 e. The molecule has 1 N–H and O–H groups in total. The molecule has 0 radical (unpaired) electrons. The topological polar surface area (TPSA) is 84.9 Å². The van der Waals surface area contributed by atoms with E-state index in [1.54, 1.807) is 31.2 Å². The number of amides is 1. The molecule has 1 aromatic carbocycles. The Bertz CT molecular complexity index is 723. The lowest BCUT2D eigenvalue weighted by Gasteiger charge is -2.17. The predicted octanol–water partition coefficient (Wildman–Crippen LogP) is 1.67. The molecule has 2 aliphatic rings. The van der Waals surface area contributed by atoms with E-state index < -0.39 is 16.1 Å². The van der Waals surface area contributed by atoms with Gasteiger partial charge in [0.15, 0.2) is 0 Å². The highest BCUT2D eigenvalue weighted by atomic mass is 32.2. The summed E-state index contributed by atoms with van der Waals surface area (Å²) in [4.78, 5) is 12.4. The number of carbonyl (C=O) groups is 1. The Balaban J connectivity index is 1.47. The van der Waals surface area contributed by atoms with E-state index >= 15 is 0 Å². The van der Waals surface area contributed by atoms with E-state index in [0.29, 0.717) is 31.1 Å². The van der Waals surface area contributed by atoms with Crippen molar-refractivity contribution in [2.45, 2.75) is 56.3 Å². The van der Waals surface area contributed by atoms with Crippen LogP contribution >= 0.6 is 0 Å². The number of benzene rings is 1. The number of rotatable bonds is 8. The largest absolute Gasteiger partial charge is 0.376 e. The molecule has 7 nitrogen and oxygen atoms in total. The molecular weight excluding hydrogens is 368 g/mol. The highest BCUT2D eigenvalue weighted by Crippen LogP contribution is 2.21.